The molecule has 0 radical (unpaired) electrons. The van der Waals surface area contributed by atoms with Crippen molar-refractivity contribution >= 4 is 0 Å². The topological polar surface area (TPSA) is 60.6 Å². The normalized spacial score (nSPS) is 27.1. The molecule has 1 saturated carbocycles. The highest BCUT2D eigenvalue weighted by Gasteiger charge is 2.43. The summed E-state index contributed by atoms with van der Waals surface area (Å²) in [6, 6.07) is 6.77. The summed E-state index contributed by atoms with van der Waals surface area (Å²) >= 11 is 0. The largest absolute Gasteiger partial charge is 0.465 e. The van der Waals surface area contributed by atoms with E-state index in [4.69, 9.17) is 13.9 Å². The predicted octanol–water partition coefficient (Wildman–Crippen LogP) is 2.44. The molecule has 128 valence electrons. The van der Waals surface area contributed by atoms with Crippen LogP contribution in [0.15, 0.2) is 35.0 Å². The summed E-state index contributed by atoms with van der Waals surface area (Å²) in [7, 11) is 0. The number of ether oxygens (including phenoxy) is 2. The molecule has 6 nitrogen and oxygen atoms in total. The minimum Gasteiger partial charge on any atom is -0.465 e. The van der Waals surface area contributed by atoms with Crippen molar-refractivity contribution < 1.29 is 13.9 Å². The first-order valence-corrected chi connectivity index (χ1v) is 8.60. The lowest BCUT2D eigenvalue weighted by Crippen LogP contribution is -2.50. The van der Waals surface area contributed by atoms with Crippen molar-refractivity contribution in [3.8, 4) is 6.01 Å². The molecule has 0 spiro atoms. The molecule has 0 N–H and O–H groups in total. The Balaban J connectivity index is 1.37. The van der Waals surface area contributed by atoms with Crippen molar-refractivity contribution in [1.29, 1.82) is 0 Å². The number of hydrogen-bond donors (Lipinski definition) is 0. The molecule has 0 aromatic carbocycles. The Bertz CT molecular complexity index is 661. The Morgan fingerprint density at radius 3 is 2.92 bits per heavy atom. The van der Waals surface area contributed by atoms with Crippen LogP contribution in [0.2, 0.25) is 0 Å². The quantitative estimate of drug-likeness (QED) is 0.840. The predicted molar refractivity (Wildman–Crippen MR) is 87.6 cm³/mol. The Morgan fingerprint density at radius 1 is 1.25 bits per heavy atom. The molecule has 24 heavy (non-hydrogen) atoms. The molecule has 1 aliphatic carbocycles. The van der Waals surface area contributed by atoms with E-state index in [1.165, 1.54) is 0 Å². The van der Waals surface area contributed by atoms with Crippen molar-refractivity contribution in [2.45, 2.75) is 38.5 Å². The molecule has 3 heterocycles. The maximum Gasteiger partial charge on any atom is 0.316 e. The zero-order valence-electron chi connectivity index (χ0n) is 13.9. The van der Waals surface area contributed by atoms with E-state index in [1.54, 1.807) is 18.5 Å². The number of fused-ring (bicyclic) bond motifs is 1. The van der Waals surface area contributed by atoms with E-state index in [9.17, 15) is 0 Å². The second kappa shape index (κ2) is 6.91. The molecule has 1 aliphatic heterocycles. The Kier molecular flexibility index (Phi) is 4.49. The van der Waals surface area contributed by atoms with Crippen LogP contribution in [0.1, 0.15) is 24.4 Å². The van der Waals surface area contributed by atoms with Crippen LogP contribution in [0.3, 0.4) is 0 Å². The molecule has 3 atom stereocenters. The summed E-state index contributed by atoms with van der Waals surface area (Å²) in [5.41, 5.74) is 0. The van der Waals surface area contributed by atoms with Gasteiger partial charge < -0.3 is 13.9 Å². The average Bonchev–Trinajstić information content (AvgIpc) is 3.21. The summed E-state index contributed by atoms with van der Waals surface area (Å²) in [6.07, 6.45) is 5.86. The summed E-state index contributed by atoms with van der Waals surface area (Å²) in [5.74, 6) is 2.39. The maximum absolute atomic E-state index is 6.08. The first-order valence-electron chi connectivity index (χ1n) is 8.60. The van der Waals surface area contributed by atoms with Crippen molar-refractivity contribution in [3.05, 3.63) is 42.1 Å². The smallest absolute Gasteiger partial charge is 0.316 e. The number of nitrogens with zero attached hydrogens (tertiary/aromatic N) is 3. The van der Waals surface area contributed by atoms with Gasteiger partial charge in [0.15, 0.2) is 0 Å². The van der Waals surface area contributed by atoms with Gasteiger partial charge in [0.05, 0.1) is 25.9 Å². The van der Waals surface area contributed by atoms with Gasteiger partial charge in [-0.3, -0.25) is 4.90 Å². The first kappa shape index (κ1) is 15.6. The van der Waals surface area contributed by atoms with Crippen LogP contribution in [0.25, 0.3) is 0 Å². The Hall–Kier alpha value is -1.92. The van der Waals surface area contributed by atoms with Gasteiger partial charge in [-0.2, -0.15) is 0 Å². The molecule has 0 unspecified atom stereocenters. The number of aryl methyl sites for hydroxylation is 1. The molecule has 6 heteroatoms. The van der Waals surface area contributed by atoms with Gasteiger partial charge in [0.25, 0.3) is 0 Å². The third-order valence-corrected chi connectivity index (χ3v) is 4.96. The fraction of sp³-hybridized carbons (Fsp3) is 0.556. The van der Waals surface area contributed by atoms with Gasteiger partial charge in [-0.15, -0.1) is 0 Å². The first-order chi connectivity index (χ1) is 11.8. The second-order valence-corrected chi connectivity index (χ2v) is 6.57. The van der Waals surface area contributed by atoms with Gasteiger partial charge in [0, 0.05) is 30.9 Å². The fourth-order valence-electron chi connectivity index (χ4n) is 3.82. The lowest BCUT2D eigenvalue weighted by atomic mass is 10.0. The molecule has 0 amide bonds. The summed E-state index contributed by atoms with van der Waals surface area (Å²) in [4.78, 5) is 10.7. The highest BCUT2D eigenvalue weighted by atomic mass is 16.5. The summed E-state index contributed by atoms with van der Waals surface area (Å²) < 4.78 is 17.6. The standard InChI is InChI=1S/C18H23N3O3/c1-13-3-5-15(24-13)11-21-9-10-22-17-14(4-6-16(17)21)12-23-18-19-7-2-8-20-18/h2-3,5,7-8,14,16-17H,4,6,9-12H2,1H3/t14-,16+,17-/m1/s1. The summed E-state index contributed by atoms with van der Waals surface area (Å²) in [6.45, 7) is 5.17. The van der Waals surface area contributed by atoms with Crippen LogP contribution in [0.4, 0.5) is 0 Å². The van der Waals surface area contributed by atoms with Crippen molar-refractivity contribution in [3.63, 3.8) is 0 Å². The van der Waals surface area contributed by atoms with Crippen LogP contribution < -0.4 is 4.74 Å². The van der Waals surface area contributed by atoms with E-state index in [1.807, 2.05) is 13.0 Å². The number of hydrogen-bond acceptors (Lipinski definition) is 6. The van der Waals surface area contributed by atoms with Gasteiger partial charge in [-0.25, -0.2) is 9.97 Å². The highest BCUT2D eigenvalue weighted by Crippen LogP contribution is 2.35. The number of morpholine rings is 1. The van der Waals surface area contributed by atoms with Crippen LogP contribution in [0.5, 0.6) is 6.01 Å². The van der Waals surface area contributed by atoms with Gasteiger partial charge in [0.2, 0.25) is 0 Å². The van der Waals surface area contributed by atoms with Crippen LogP contribution in [-0.4, -0.2) is 46.8 Å². The van der Waals surface area contributed by atoms with Crippen molar-refractivity contribution in [2.24, 2.45) is 5.92 Å². The molecule has 1 saturated heterocycles. The maximum atomic E-state index is 6.08. The van der Waals surface area contributed by atoms with Crippen molar-refractivity contribution in [1.82, 2.24) is 14.9 Å². The zero-order chi connectivity index (χ0) is 16.4. The number of aromatic nitrogens is 2. The lowest BCUT2D eigenvalue weighted by Gasteiger charge is -2.38. The Labute approximate surface area is 141 Å². The number of rotatable bonds is 5. The SMILES string of the molecule is Cc1ccc(CN2CCO[C@@H]3[C@@H](COc4ncccn4)CC[C@@H]32)o1. The second-order valence-electron chi connectivity index (χ2n) is 6.57. The Morgan fingerprint density at radius 2 is 2.12 bits per heavy atom. The fourth-order valence-corrected chi connectivity index (χ4v) is 3.82. The average molecular weight is 329 g/mol. The van der Waals surface area contributed by atoms with Crippen LogP contribution in [0, 0.1) is 12.8 Å². The van der Waals surface area contributed by atoms with E-state index in [0.717, 1.165) is 44.1 Å². The molecule has 2 aromatic heterocycles. The molecule has 2 fully saturated rings. The molecular formula is C18H23N3O3. The minimum atomic E-state index is 0.221. The minimum absolute atomic E-state index is 0.221. The van der Waals surface area contributed by atoms with E-state index < -0.39 is 0 Å². The van der Waals surface area contributed by atoms with Crippen LogP contribution in [-0.2, 0) is 11.3 Å². The van der Waals surface area contributed by atoms with E-state index >= 15 is 0 Å². The molecular weight excluding hydrogens is 306 g/mol. The highest BCUT2D eigenvalue weighted by molar-refractivity contribution is 5.07. The van der Waals surface area contributed by atoms with E-state index in [0.29, 0.717) is 24.6 Å². The lowest BCUT2D eigenvalue weighted by molar-refractivity contribution is -0.0834. The zero-order valence-corrected chi connectivity index (χ0v) is 13.9. The third kappa shape index (κ3) is 3.30. The van der Waals surface area contributed by atoms with Crippen molar-refractivity contribution in [2.75, 3.05) is 19.8 Å². The van der Waals surface area contributed by atoms with Gasteiger partial charge >= 0.3 is 6.01 Å². The molecule has 0 bridgehead atoms. The summed E-state index contributed by atoms with van der Waals surface area (Å²) in [5, 5.41) is 0. The van der Waals surface area contributed by atoms with Gasteiger partial charge in [-0.05, 0) is 38.0 Å². The van der Waals surface area contributed by atoms with Gasteiger partial charge in [-0.1, -0.05) is 0 Å². The molecule has 4 rings (SSSR count). The molecule has 2 aliphatic rings. The van der Waals surface area contributed by atoms with Gasteiger partial charge in [0.1, 0.15) is 11.5 Å². The third-order valence-electron chi connectivity index (χ3n) is 4.96. The monoisotopic (exact) mass is 329 g/mol. The van der Waals surface area contributed by atoms with E-state index in [2.05, 4.69) is 20.9 Å². The van der Waals surface area contributed by atoms with E-state index in [-0.39, 0.29) is 6.10 Å². The van der Waals surface area contributed by atoms with Crippen LogP contribution >= 0.6 is 0 Å². The number of furan rings is 1. The molecule has 2 aromatic rings.